The third-order valence-electron chi connectivity index (χ3n) is 6.38. The molecule has 2 heterocycles. The van der Waals surface area contributed by atoms with Gasteiger partial charge in [-0.2, -0.15) is 0 Å². The molecule has 33 heavy (non-hydrogen) atoms. The van der Waals surface area contributed by atoms with Gasteiger partial charge in [-0.15, -0.1) is 0 Å². The molecule has 0 bridgehead atoms. The Balaban J connectivity index is 1.51. The molecule has 4 aromatic carbocycles. The van der Waals surface area contributed by atoms with Crippen LogP contribution in [0.25, 0.3) is 38.8 Å². The van der Waals surface area contributed by atoms with Gasteiger partial charge in [0, 0.05) is 35.5 Å². The van der Waals surface area contributed by atoms with Crippen molar-refractivity contribution in [3.63, 3.8) is 0 Å². The summed E-state index contributed by atoms with van der Waals surface area (Å²) in [7, 11) is 0. The molecule has 0 aliphatic rings. The molecular weight excluding hydrogens is 400 g/mol. The summed E-state index contributed by atoms with van der Waals surface area (Å²) in [5.41, 5.74) is 7.32. The number of hydrogen-bond donors (Lipinski definition) is 0. The van der Waals surface area contributed by atoms with Gasteiger partial charge >= 0.3 is 0 Å². The predicted molar refractivity (Wildman–Crippen MR) is 138 cm³/mol. The van der Waals surface area contributed by atoms with Crippen LogP contribution < -0.4 is 0 Å². The average molecular weight is 426 g/mol. The number of hydrogen-bond acceptors (Lipinski definition) is 1. The Morgan fingerprint density at radius 1 is 0.667 bits per heavy atom. The Kier molecular flexibility index (Phi) is 4.50. The van der Waals surface area contributed by atoms with E-state index in [2.05, 4.69) is 82.3 Å². The fourth-order valence-corrected chi connectivity index (χ4v) is 4.66. The molecule has 0 spiro atoms. The van der Waals surface area contributed by atoms with Crippen molar-refractivity contribution >= 4 is 21.8 Å². The maximum Gasteiger partial charge on any atom is 0.0705 e. The van der Waals surface area contributed by atoms with Gasteiger partial charge in [0.2, 0.25) is 0 Å². The lowest BCUT2D eigenvalue weighted by atomic mass is 9.92. The second-order valence-corrected chi connectivity index (χ2v) is 8.34. The van der Waals surface area contributed by atoms with Crippen molar-refractivity contribution < 1.29 is 1.37 Å². The zero-order valence-corrected chi connectivity index (χ0v) is 18.4. The van der Waals surface area contributed by atoms with Gasteiger partial charge in [0.1, 0.15) is 0 Å². The quantitative estimate of drug-likeness (QED) is 0.280. The van der Waals surface area contributed by atoms with Crippen LogP contribution in [0.4, 0.5) is 0 Å². The fraction of sp³-hybridized carbons (Fsp3) is 0.0645. The minimum atomic E-state index is -0.855. The number of pyridine rings is 1. The van der Waals surface area contributed by atoms with Crippen molar-refractivity contribution in [3.05, 3.63) is 133 Å². The Morgan fingerprint density at radius 3 is 2.18 bits per heavy atom. The van der Waals surface area contributed by atoms with E-state index >= 15 is 0 Å². The Labute approximate surface area is 195 Å². The van der Waals surface area contributed by atoms with Crippen molar-refractivity contribution in [2.75, 3.05) is 0 Å². The molecule has 0 aliphatic heterocycles. The molecule has 2 nitrogen and oxygen atoms in total. The SMILES string of the molecule is [2H]C(C)(c1ccccc1)c1ccnc(-c2ccc3c(c2)c2ccccc2n3-c2ccccc2)c1. The van der Waals surface area contributed by atoms with Crippen LogP contribution in [0.15, 0.2) is 121 Å². The third kappa shape index (κ3) is 3.41. The number of nitrogens with zero attached hydrogens (tertiary/aromatic N) is 2. The first-order valence-corrected chi connectivity index (χ1v) is 11.2. The molecule has 6 aromatic rings. The molecular formula is C31H24N2. The van der Waals surface area contributed by atoms with Crippen molar-refractivity contribution in [2.24, 2.45) is 0 Å². The van der Waals surface area contributed by atoms with Gasteiger partial charge < -0.3 is 4.57 Å². The Morgan fingerprint density at radius 2 is 1.36 bits per heavy atom. The maximum atomic E-state index is 9.07. The van der Waals surface area contributed by atoms with E-state index in [1.807, 2.05) is 55.6 Å². The summed E-state index contributed by atoms with van der Waals surface area (Å²) in [6.07, 6.45) is 1.82. The summed E-state index contributed by atoms with van der Waals surface area (Å²) in [6, 6.07) is 39.5. The molecule has 158 valence electrons. The van der Waals surface area contributed by atoms with Crippen LogP contribution >= 0.6 is 0 Å². The normalized spacial score (nSPS) is 13.7. The zero-order chi connectivity index (χ0) is 23.1. The summed E-state index contributed by atoms with van der Waals surface area (Å²) >= 11 is 0. The van der Waals surface area contributed by atoms with Crippen LogP contribution in [-0.2, 0) is 0 Å². The first-order chi connectivity index (χ1) is 16.6. The highest BCUT2D eigenvalue weighted by Gasteiger charge is 2.14. The van der Waals surface area contributed by atoms with Gasteiger partial charge in [0.25, 0.3) is 0 Å². The first-order valence-electron chi connectivity index (χ1n) is 11.7. The number of para-hydroxylation sites is 2. The summed E-state index contributed by atoms with van der Waals surface area (Å²) in [5.74, 6) is -0.855. The molecule has 1 unspecified atom stereocenters. The number of benzene rings is 4. The van der Waals surface area contributed by atoms with Crippen molar-refractivity contribution in [2.45, 2.75) is 12.8 Å². The molecule has 0 radical (unpaired) electrons. The van der Waals surface area contributed by atoms with E-state index < -0.39 is 5.89 Å². The molecule has 0 aliphatic carbocycles. The molecule has 1 atom stereocenters. The fourth-order valence-electron chi connectivity index (χ4n) is 4.66. The summed E-state index contributed by atoms with van der Waals surface area (Å²) in [6.45, 7) is 1.94. The minimum absolute atomic E-state index is 0.855. The van der Waals surface area contributed by atoms with Crippen LogP contribution in [0, 0.1) is 0 Å². The zero-order valence-electron chi connectivity index (χ0n) is 19.4. The lowest BCUT2D eigenvalue weighted by Gasteiger charge is -2.13. The van der Waals surface area contributed by atoms with Gasteiger partial charge in [-0.05, 0) is 53.6 Å². The lowest BCUT2D eigenvalue weighted by molar-refractivity contribution is 0.918. The smallest absolute Gasteiger partial charge is 0.0705 e. The van der Waals surface area contributed by atoms with E-state index in [-0.39, 0.29) is 0 Å². The van der Waals surface area contributed by atoms with Gasteiger partial charge in [0.05, 0.1) is 16.7 Å². The molecule has 0 fully saturated rings. The van der Waals surface area contributed by atoms with Crippen LogP contribution in [-0.4, -0.2) is 9.55 Å². The van der Waals surface area contributed by atoms with E-state index in [9.17, 15) is 0 Å². The summed E-state index contributed by atoms with van der Waals surface area (Å²) in [5, 5.41) is 2.41. The van der Waals surface area contributed by atoms with Crippen LogP contribution in [0.5, 0.6) is 0 Å². The van der Waals surface area contributed by atoms with Gasteiger partial charge in [-0.1, -0.05) is 79.7 Å². The Hall–Kier alpha value is -4.17. The summed E-state index contributed by atoms with van der Waals surface area (Å²) in [4.78, 5) is 4.68. The van der Waals surface area contributed by atoms with Gasteiger partial charge in [-0.3, -0.25) is 4.98 Å². The third-order valence-corrected chi connectivity index (χ3v) is 6.38. The number of rotatable bonds is 4. The summed E-state index contributed by atoms with van der Waals surface area (Å²) < 4.78 is 11.4. The lowest BCUT2D eigenvalue weighted by Crippen LogP contribution is -1.97. The second kappa shape index (κ2) is 8.07. The largest absolute Gasteiger partial charge is 0.309 e. The standard InChI is InChI=1S/C31H24N2/c1-22(23-10-4-2-5-11-23)24-18-19-32-29(21-24)25-16-17-31-28(20-25)27-14-8-9-15-30(27)33(31)26-12-6-3-7-13-26/h2-22H,1H3/i22D. The molecule has 2 heteroatoms. The van der Waals surface area contributed by atoms with Gasteiger partial charge in [0.15, 0.2) is 0 Å². The highest BCUT2D eigenvalue weighted by molar-refractivity contribution is 6.10. The van der Waals surface area contributed by atoms with Crippen molar-refractivity contribution in [1.29, 1.82) is 0 Å². The van der Waals surface area contributed by atoms with E-state index in [1.165, 1.54) is 21.8 Å². The number of fused-ring (bicyclic) bond motifs is 3. The topological polar surface area (TPSA) is 17.8 Å². The molecule has 6 rings (SSSR count). The first kappa shape index (κ1) is 18.4. The van der Waals surface area contributed by atoms with Crippen LogP contribution in [0.2, 0.25) is 0 Å². The van der Waals surface area contributed by atoms with Crippen molar-refractivity contribution in [3.8, 4) is 16.9 Å². The Bertz CT molecular complexity index is 1620. The highest BCUT2D eigenvalue weighted by Crippen LogP contribution is 2.35. The van der Waals surface area contributed by atoms with E-state index in [0.717, 1.165) is 28.1 Å². The molecule has 0 saturated carbocycles. The van der Waals surface area contributed by atoms with Crippen molar-refractivity contribution in [1.82, 2.24) is 9.55 Å². The van der Waals surface area contributed by atoms with E-state index in [0.29, 0.717) is 0 Å². The molecule has 2 aromatic heterocycles. The monoisotopic (exact) mass is 425 g/mol. The maximum absolute atomic E-state index is 9.07. The molecule has 0 saturated heterocycles. The predicted octanol–water partition coefficient (Wildman–Crippen LogP) is 8.00. The number of aromatic nitrogens is 2. The molecule has 0 amide bonds. The van der Waals surface area contributed by atoms with Crippen LogP contribution in [0.3, 0.4) is 0 Å². The molecule has 0 N–H and O–H groups in total. The van der Waals surface area contributed by atoms with Crippen LogP contribution in [0.1, 0.15) is 25.3 Å². The van der Waals surface area contributed by atoms with E-state index in [1.54, 1.807) is 0 Å². The average Bonchev–Trinajstić information content (AvgIpc) is 3.23. The van der Waals surface area contributed by atoms with Gasteiger partial charge in [-0.25, -0.2) is 0 Å². The highest BCUT2D eigenvalue weighted by atomic mass is 15.0. The van der Waals surface area contributed by atoms with E-state index in [4.69, 9.17) is 1.37 Å². The second-order valence-electron chi connectivity index (χ2n) is 8.34. The minimum Gasteiger partial charge on any atom is -0.309 e.